The highest BCUT2D eigenvalue weighted by Crippen LogP contribution is 2.39. The van der Waals surface area contributed by atoms with Gasteiger partial charge in [0.15, 0.2) is 0 Å². The standard InChI is InChI=1S/C19H24N4O/c1-12(24)14-5-6-16-11-23(8-7-15(16)9-14)18-10-17(20-2)21-19(22-18)13-3-4-13/h5-6,9-10,12-13,24H,3-4,7-8,11H2,1-2H3,(H,20,21,22)/t12-/m1/s1. The van der Waals surface area contributed by atoms with E-state index < -0.39 is 6.10 Å². The monoisotopic (exact) mass is 324 g/mol. The van der Waals surface area contributed by atoms with E-state index in [1.54, 1.807) is 0 Å². The fraction of sp³-hybridized carbons (Fsp3) is 0.474. The zero-order chi connectivity index (χ0) is 16.7. The second-order valence-electron chi connectivity index (χ2n) is 6.87. The van der Waals surface area contributed by atoms with E-state index >= 15 is 0 Å². The number of anilines is 2. The Morgan fingerprint density at radius 2 is 2.04 bits per heavy atom. The minimum absolute atomic E-state index is 0.408. The van der Waals surface area contributed by atoms with Gasteiger partial charge in [0, 0.05) is 32.1 Å². The fourth-order valence-corrected chi connectivity index (χ4v) is 3.30. The number of nitrogens with zero attached hydrogens (tertiary/aromatic N) is 3. The van der Waals surface area contributed by atoms with E-state index in [2.05, 4.69) is 27.3 Å². The molecule has 2 aliphatic rings. The van der Waals surface area contributed by atoms with Gasteiger partial charge in [-0.3, -0.25) is 0 Å². The van der Waals surface area contributed by atoms with Crippen molar-refractivity contribution in [2.45, 2.75) is 44.8 Å². The molecule has 1 aliphatic heterocycles. The van der Waals surface area contributed by atoms with Gasteiger partial charge in [-0.15, -0.1) is 0 Å². The second kappa shape index (κ2) is 6.06. The summed E-state index contributed by atoms with van der Waals surface area (Å²) in [6, 6.07) is 8.36. The molecule has 1 saturated carbocycles. The molecule has 2 aromatic rings. The fourth-order valence-electron chi connectivity index (χ4n) is 3.30. The highest BCUT2D eigenvalue weighted by Gasteiger charge is 2.28. The molecule has 0 bridgehead atoms. The Hall–Kier alpha value is -2.14. The lowest BCUT2D eigenvalue weighted by Crippen LogP contribution is -2.31. The lowest BCUT2D eigenvalue weighted by atomic mass is 9.96. The van der Waals surface area contributed by atoms with Crippen LogP contribution in [0.15, 0.2) is 24.3 Å². The molecule has 4 rings (SSSR count). The van der Waals surface area contributed by atoms with Crippen LogP contribution in [0.1, 0.15) is 54.3 Å². The lowest BCUT2D eigenvalue weighted by Gasteiger charge is -2.30. The van der Waals surface area contributed by atoms with Gasteiger partial charge in [-0.05, 0) is 42.9 Å². The molecular weight excluding hydrogens is 300 g/mol. The highest BCUT2D eigenvalue weighted by molar-refractivity contribution is 5.52. The Balaban J connectivity index is 1.61. The molecule has 0 amide bonds. The van der Waals surface area contributed by atoms with Gasteiger partial charge < -0.3 is 15.3 Å². The molecule has 0 saturated heterocycles. The maximum Gasteiger partial charge on any atom is 0.136 e. The number of hydrogen-bond acceptors (Lipinski definition) is 5. The third kappa shape index (κ3) is 2.96. The highest BCUT2D eigenvalue weighted by atomic mass is 16.3. The SMILES string of the molecule is CNc1cc(N2CCc3cc([C@@H](C)O)ccc3C2)nc(C2CC2)n1. The predicted molar refractivity (Wildman–Crippen MR) is 95.4 cm³/mol. The molecule has 1 aromatic carbocycles. The van der Waals surface area contributed by atoms with Crippen LogP contribution in [-0.2, 0) is 13.0 Å². The van der Waals surface area contributed by atoms with Crippen molar-refractivity contribution in [3.63, 3.8) is 0 Å². The van der Waals surface area contributed by atoms with Crippen LogP contribution in [0.5, 0.6) is 0 Å². The molecule has 1 aliphatic carbocycles. The van der Waals surface area contributed by atoms with Crippen LogP contribution in [0.3, 0.4) is 0 Å². The van der Waals surface area contributed by atoms with Gasteiger partial charge >= 0.3 is 0 Å². The summed E-state index contributed by atoms with van der Waals surface area (Å²) in [7, 11) is 1.91. The number of fused-ring (bicyclic) bond motifs is 1. The number of rotatable bonds is 4. The van der Waals surface area contributed by atoms with Gasteiger partial charge in [0.25, 0.3) is 0 Å². The number of hydrogen-bond donors (Lipinski definition) is 2. The van der Waals surface area contributed by atoms with Gasteiger partial charge in [-0.25, -0.2) is 9.97 Å². The van der Waals surface area contributed by atoms with Crippen molar-refractivity contribution in [1.82, 2.24) is 9.97 Å². The lowest BCUT2D eigenvalue weighted by molar-refractivity contribution is 0.199. The Labute approximate surface area is 142 Å². The largest absolute Gasteiger partial charge is 0.389 e. The molecule has 5 heteroatoms. The zero-order valence-electron chi connectivity index (χ0n) is 14.3. The van der Waals surface area contributed by atoms with E-state index in [1.807, 2.05) is 26.1 Å². The van der Waals surface area contributed by atoms with Crippen molar-refractivity contribution in [2.24, 2.45) is 0 Å². The molecule has 0 spiro atoms. The third-order valence-electron chi connectivity index (χ3n) is 4.98. The van der Waals surface area contributed by atoms with Crippen LogP contribution in [0, 0.1) is 0 Å². The average molecular weight is 324 g/mol. The summed E-state index contributed by atoms with van der Waals surface area (Å²) in [4.78, 5) is 11.8. The molecule has 2 heterocycles. The Kier molecular flexibility index (Phi) is 3.88. The molecule has 126 valence electrons. The third-order valence-corrected chi connectivity index (χ3v) is 4.98. The first kappa shape index (κ1) is 15.4. The van der Waals surface area contributed by atoms with Gasteiger partial charge in [0.2, 0.25) is 0 Å². The minimum atomic E-state index is -0.408. The molecule has 2 N–H and O–H groups in total. The summed E-state index contributed by atoms with van der Waals surface area (Å²) in [6.45, 7) is 3.62. The van der Waals surface area contributed by atoms with Gasteiger partial charge in [-0.1, -0.05) is 18.2 Å². The summed E-state index contributed by atoms with van der Waals surface area (Å²) in [5, 5.41) is 12.9. The average Bonchev–Trinajstić information content (AvgIpc) is 3.45. The molecular formula is C19H24N4O. The van der Waals surface area contributed by atoms with Crippen molar-refractivity contribution < 1.29 is 5.11 Å². The molecule has 1 aromatic heterocycles. The van der Waals surface area contributed by atoms with Gasteiger partial charge in [0.1, 0.15) is 17.5 Å². The van der Waals surface area contributed by atoms with E-state index in [4.69, 9.17) is 4.98 Å². The van der Waals surface area contributed by atoms with Crippen molar-refractivity contribution in [1.29, 1.82) is 0 Å². The van der Waals surface area contributed by atoms with Crippen LogP contribution in [0.2, 0.25) is 0 Å². The van der Waals surface area contributed by atoms with Crippen LogP contribution >= 0.6 is 0 Å². The Morgan fingerprint density at radius 3 is 2.75 bits per heavy atom. The van der Waals surface area contributed by atoms with E-state index in [0.717, 1.165) is 42.5 Å². The number of aliphatic hydroxyl groups excluding tert-OH is 1. The molecule has 0 unspecified atom stereocenters. The van der Waals surface area contributed by atoms with Crippen LogP contribution in [-0.4, -0.2) is 28.7 Å². The first-order valence-electron chi connectivity index (χ1n) is 8.75. The van der Waals surface area contributed by atoms with Crippen LogP contribution in [0.25, 0.3) is 0 Å². The molecule has 1 atom stereocenters. The summed E-state index contributed by atoms with van der Waals surface area (Å²) in [5.41, 5.74) is 3.66. The number of nitrogens with one attached hydrogen (secondary N) is 1. The normalized spacial score (nSPS) is 18.2. The molecule has 0 radical (unpaired) electrons. The topological polar surface area (TPSA) is 61.3 Å². The second-order valence-corrected chi connectivity index (χ2v) is 6.87. The Morgan fingerprint density at radius 1 is 1.21 bits per heavy atom. The summed E-state index contributed by atoms with van der Waals surface area (Å²) >= 11 is 0. The van der Waals surface area contributed by atoms with Crippen molar-refractivity contribution >= 4 is 11.6 Å². The predicted octanol–water partition coefficient (Wildman–Crippen LogP) is 3.01. The van der Waals surface area contributed by atoms with Crippen LogP contribution < -0.4 is 10.2 Å². The number of aliphatic hydroxyl groups is 1. The molecule has 5 nitrogen and oxygen atoms in total. The summed E-state index contributed by atoms with van der Waals surface area (Å²) in [5.74, 6) is 3.44. The first-order chi connectivity index (χ1) is 11.6. The first-order valence-corrected chi connectivity index (χ1v) is 8.75. The molecule has 24 heavy (non-hydrogen) atoms. The Bertz CT molecular complexity index is 755. The van der Waals surface area contributed by atoms with E-state index in [-0.39, 0.29) is 0 Å². The molecule has 1 fully saturated rings. The quantitative estimate of drug-likeness (QED) is 0.905. The number of aromatic nitrogens is 2. The van der Waals surface area contributed by atoms with Crippen molar-refractivity contribution in [2.75, 3.05) is 23.8 Å². The van der Waals surface area contributed by atoms with Crippen LogP contribution in [0.4, 0.5) is 11.6 Å². The zero-order valence-corrected chi connectivity index (χ0v) is 14.3. The maximum absolute atomic E-state index is 9.77. The minimum Gasteiger partial charge on any atom is -0.389 e. The van der Waals surface area contributed by atoms with E-state index in [0.29, 0.717) is 5.92 Å². The van der Waals surface area contributed by atoms with E-state index in [9.17, 15) is 5.11 Å². The van der Waals surface area contributed by atoms with Gasteiger partial charge in [-0.2, -0.15) is 0 Å². The van der Waals surface area contributed by atoms with Gasteiger partial charge in [0.05, 0.1) is 6.10 Å². The van der Waals surface area contributed by atoms with Crippen molar-refractivity contribution in [3.8, 4) is 0 Å². The van der Waals surface area contributed by atoms with Crippen molar-refractivity contribution in [3.05, 3.63) is 46.8 Å². The number of benzene rings is 1. The maximum atomic E-state index is 9.77. The summed E-state index contributed by atoms with van der Waals surface area (Å²) in [6.07, 6.45) is 2.98. The van der Waals surface area contributed by atoms with E-state index in [1.165, 1.54) is 24.0 Å². The smallest absolute Gasteiger partial charge is 0.136 e. The summed E-state index contributed by atoms with van der Waals surface area (Å²) < 4.78 is 0.